The van der Waals surface area contributed by atoms with Crippen LogP contribution in [0.5, 0.6) is 0 Å². The van der Waals surface area contributed by atoms with Crippen LogP contribution in [0.15, 0.2) is 54.4 Å². The Hall–Kier alpha value is -3.14. The lowest BCUT2D eigenvalue weighted by Gasteiger charge is -2.35. The number of halogens is 3. The van der Waals surface area contributed by atoms with E-state index < -0.39 is 17.8 Å². The number of hydrogen-bond acceptors (Lipinski definition) is 4. The topological polar surface area (TPSA) is 78.5 Å². The van der Waals surface area contributed by atoms with Crippen molar-refractivity contribution in [2.45, 2.75) is 25.1 Å². The number of piperidine rings is 1. The molecule has 0 radical (unpaired) electrons. The molecule has 3 rings (SSSR count). The lowest BCUT2D eigenvalue weighted by atomic mass is 9.88. The van der Waals surface area contributed by atoms with Gasteiger partial charge in [-0.25, -0.2) is 0 Å². The molecule has 0 spiro atoms. The Morgan fingerprint density at radius 3 is 2.36 bits per heavy atom. The van der Waals surface area contributed by atoms with Crippen molar-refractivity contribution in [3.8, 4) is 0 Å². The molecule has 10 heteroatoms. The Morgan fingerprint density at radius 2 is 1.82 bits per heavy atom. The van der Waals surface area contributed by atoms with Gasteiger partial charge in [-0.05, 0) is 54.5 Å². The summed E-state index contributed by atoms with van der Waals surface area (Å²) in [5, 5.41) is 7.30. The number of rotatable bonds is 7. The fourth-order valence-corrected chi connectivity index (χ4v) is 4.35. The first-order valence-electron chi connectivity index (χ1n) is 10.4. The zero-order chi connectivity index (χ0) is 24.0. The van der Waals surface area contributed by atoms with E-state index in [0.717, 1.165) is 12.1 Å². The molecule has 0 saturated carbocycles. The van der Waals surface area contributed by atoms with Crippen molar-refractivity contribution in [2.75, 3.05) is 19.6 Å². The summed E-state index contributed by atoms with van der Waals surface area (Å²) in [6, 6.07) is 6.76. The number of carbonyl (C=O) groups excluding carboxylic acids is 3. The summed E-state index contributed by atoms with van der Waals surface area (Å²) in [5.74, 6) is -1.23. The SMILES string of the molecule is C=CCNC(=O)C(NC(=O)c1cccs1)C1CCN(C(=O)c2ccc(C(F)(F)F)cc2)CC1. The van der Waals surface area contributed by atoms with E-state index in [-0.39, 0.29) is 35.7 Å². The molecule has 6 nitrogen and oxygen atoms in total. The van der Waals surface area contributed by atoms with Gasteiger partial charge in [-0.15, -0.1) is 17.9 Å². The van der Waals surface area contributed by atoms with E-state index in [0.29, 0.717) is 30.8 Å². The molecule has 1 aliphatic rings. The molecule has 176 valence electrons. The second-order valence-electron chi connectivity index (χ2n) is 7.67. The summed E-state index contributed by atoms with van der Waals surface area (Å²) in [6.45, 7) is 4.48. The van der Waals surface area contributed by atoms with Gasteiger partial charge in [0.25, 0.3) is 11.8 Å². The molecule has 1 fully saturated rings. The van der Waals surface area contributed by atoms with Gasteiger partial charge < -0.3 is 15.5 Å². The van der Waals surface area contributed by atoms with Crippen LogP contribution in [-0.2, 0) is 11.0 Å². The fourth-order valence-electron chi connectivity index (χ4n) is 3.72. The van der Waals surface area contributed by atoms with Crippen LogP contribution in [0.3, 0.4) is 0 Å². The number of carbonyl (C=O) groups is 3. The van der Waals surface area contributed by atoms with E-state index in [2.05, 4.69) is 17.2 Å². The fraction of sp³-hybridized carbons (Fsp3) is 0.348. The molecule has 1 aromatic heterocycles. The number of alkyl halides is 3. The molecule has 0 bridgehead atoms. The lowest BCUT2D eigenvalue weighted by molar-refractivity contribution is -0.137. The monoisotopic (exact) mass is 479 g/mol. The Morgan fingerprint density at radius 1 is 1.15 bits per heavy atom. The maximum atomic E-state index is 12.8. The third-order valence-electron chi connectivity index (χ3n) is 5.49. The lowest BCUT2D eigenvalue weighted by Crippen LogP contribution is -2.53. The summed E-state index contributed by atoms with van der Waals surface area (Å²) < 4.78 is 38.3. The molecule has 1 aromatic carbocycles. The van der Waals surface area contributed by atoms with Gasteiger partial charge in [0.05, 0.1) is 10.4 Å². The van der Waals surface area contributed by atoms with Crippen LogP contribution >= 0.6 is 11.3 Å². The minimum Gasteiger partial charge on any atom is -0.351 e. The van der Waals surface area contributed by atoms with Crippen LogP contribution in [0.4, 0.5) is 13.2 Å². The Balaban J connectivity index is 1.65. The first-order chi connectivity index (χ1) is 15.7. The molecule has 0 aliphatic carbocycles. The Bertz CT molecular complexity index is 983. The van der Waals surface area contributed by atoms with Gasteiger partial charge in [0.2, 0.25) is 5.91 Å². The largest absolute Gasteiger partial charge is 0.416 e. The quantitative estimate of drug-likeness (QED) is 0.595. The molecule has 2 aromatic rings. The van der Waals surface area contributed by atoms with Gasteiger partial charge >= 0.3 is 6.18 Å². The van der Waals surface area contributed by atoms with Crippen molar-refractivity contribution >= 4 is 29.1 Å². The highest BCUT2D eigenvalue weighted by molar-refractivity contribution is 7.12. The standard InChI is InChI=1S/C23H24F3N3O3S/c1-2-11-27-21(31)19(28-20(30)18-4-3-14-33-18)15-9-12-29(13-10-15)22(32)16-5-7-17(8-6-16)23(24,25)26/h2-8,14-15,19H,1,9-13H2,(H,27,31)(H,28,30). The minimum atomic E-state index is -4.46. The third-order valence-corrected chi connectivity index (χ3v) is 6.36. The zero-order valence-corrected chi connectivity index (χ0v) is 18.5. The van der Waals surface area contributed by atoms with Gasteiger partial charge in [0, 0.05) is 25.2 Å². The van der Waals surface area contributed by atoms with Crippen molar-refractivity contribution in [3.05, 3.63) is 70.4 Å². The predicted molar refractivity (Wildman–Crippen MR) is 119 cm³/mol. The van der Waals surface area contributed by atoms with Crippen LogP contribution in [0.1, 0.15) is 38.4 Å². The predicted octanol–water partition coefficient (Wildman–Crippen LogP) is 3.72. The molecule has 33 heavy (non-hydrogen) atoms. The Kier molecular flexibility index (Phi) is 7.91. The summed E-state index contributed by atoms with van der Waals surface area (Å²) in [7, 11) is 0. The second kappa shape index (κ2) is 10.7. The van der Waals surface area contributed by atoms with E-state index >= 15 is 0 Å². The smallest absolute Gasteiger partial charge is 0.351 e. The van der Waals surface area contributed by atoms with Crippen LogP contribution in [0, 0.1) is 5.92 Å². The number of amides is 3. The van der Waals surface area contributed by atoms with Gasteiger partial charge in [0.15, 0.2) is 0 Å². The van der Waals surface area contributed by atoms with Crippen LogP contribution in [-0.4, -0.2) is 48.3 Å². The number of benzene rings is 1. The molecule has 1 unspecified atom stereocenters. The van der Waals surface area contributed by atoms with Crippen molar-refractivity contribution in [1.29, 1.82) is 0 Å². The van der Waals surface area contributed by atoms with E-state index in [1.54, 1.807) is 28.5 Å². The maximum Gasteiger partial charge on any atom is 0.416 e. The molecule has 1 aliphatic heterocycles. The number of nitrogens with zero attached hydrogens (tertiary/aromatic N) is 1. The Labute approximate surface area is 193 Å². The minimum absolute atomic E-state index is 0.174. The highest BCUT2D eigenvalue weighted by Crippen LogP contribution is 2.29. The van der Waals surface area contributed by atoms with Gasteiger partial charge in [-0.2, -0.15) is 13.2 Å². The maximum absolute atomic E-state index is 12.8. The van der Waals surface area contributed by atoms with Crippen molar-refractivity contribution in [3.63, 3.8) is 0 Å². The highest BCUT2D eigenvalue weighted by atomic mass is 32.1. The van der Waals surface area contributed by atoms with E-state index in [9.17, 15) is 27.6 Å². The highest BCUT2D eigenvalue weighted by Gasteiger charge is 2.35. The number of hydrogen-bond donors (Lipinski definition) is 2. The average molecular weight is 480 g/mol. The molecular weight excluding hydrogens is 455 g/mol. The summed E-state index contributed by atoms with van der Waals surface area (Å²) in [5.41, 5.74) is -0.639. The van der Waals surface area contributed by atoms with Crippen LogP contribution in [0.25, 0.3) is 0 Å². The molecule has 2 heterocycles. The van der Waals surface area contributed by atoms with Crippen molar-refractivity contribution in [2.24, 2.45) is 5.92 Å². The summed E-state index contributed by atoms with van der Waals surface area (Å²) in [6.07, 6.45) is -2.00. The first-order valence-corrected chi connectivity index (χ1v) is 11.3. The van der Waals surface area contributed by atoms with E-state index in [1.165, 1.54) is 23.5 Å². The zero-order valence-electron chi connectivity index (χ0n) is 17.7. The van der Waals surface area contributed by atoms with Gasteiger partial charge in [0.1, 0.15) is 6.04 Å². The number of nitrogens with one attached hydrogen (secondary N) is 2. The third kappa shape index (κ3) is 6.22. The summed E-state index contributed by atoms with van der Waals surface area (Å²) >= 11 is 1.27. The van der Waals surface area contributed by atoms with Crippen LogP contribution in [0.2, 0.25) is 0 Å². The van der Waals surface area contributed by atoms with Gasteiger partial charge in [-0.1, -0.05) is 12.1 Å². The van der Waals surface area contributed by atoms with Crippen molar-refractivity contribution in [1.82, 2.24) is 15.5 Å². The number of thiophene rings is 1. The average Bonchev–Trinajstić information content (AvgIpc) is 3.35. The molecule has 3 amide bonds. The van der Waals surface area contributed by atoms with E-state index in [1.807, 2.05) is 0 Å². The molecule has 1 atom stereocenters. The van der Waals surface area contributed by atoms with E-state index in [4.69, 9.17) is 0 Å². The second-order valence-corrected chi connectivity index (χ2v) is 8.61. The van der Waals surface area contributed by atoms with Crippen molar-refractivity contribution < 1.29 is 27.6 Å². The first kappa shape index (κ1) is 24.5. The molecular formula is C23H24F3N3O3S. The van der Waals surface area contributed by atoms with Gasteiger partial charge in [-0.3, -0.25) is 14.4 Å². The molecule has 2 N–H and O–H groups in total. The molecule has 1 saturated heterocycles. The normalized spacial score (nSPS) is 15.5. The summed E-state index contributed by atoms with van der Waals surface area (Å²) in [4.78, 5) is 40.0. The van der Waals surface area contributed by atoms with Crippen LogP contribution < -0.4 is 10.6 Å². The number of likely N-dealkylation sites (tertiary alicyclic amines) is 1.